The fourth-order valence-corrected chi connectivity index (χ4v) is 4.67. The van der Waals surface area contributed by atoms with Crippen LogP contribution in [0.4, 0.5) is 0 Å². The van der Waals surface area contributed by atoms with E-state index in [4.69, 9.17) is 8.83 Å². The van der Waals surface area contributed by atoms with Gasteiger partial charge in [-0.1, -0.05) is 54.6 Å². The highest BCUT2D eigenvalue weighted by Crippen LogP contribution is 2.36. The van der Waals surface area contributed by atoms with E-state index in [1.165, 1.54) is 72.8 Å². The summed E-state index contributed by atoms with van der Waals surface area (Å²) in [5.74, 6) is -3.45. The molecular weight excluding hydrogens is 568 g/mol. The number of hydrogen-bond donors (Lipinski definition) is 6. The van der Waals surface area contributed by atoms with Crippen molar-refractivity contribution in [3.8, 4) is 34.5 Å². The van der Waals surface area contributed by atoms with Crippen molar-refractivity contribution in [2.45, 2.75) is 12.3 Å². The van der Waals surface area contributed by atoms with Crippen molar-refractivity contribution in [2.75, 3.05) is 0 Å². The molecule has 0 fully saturated rings. The Kier molecular flexibility index (Phi) is 8.25. The van der Waals surface area contributed by atoms with E-state index >= 15 is 0 Å². The second-order valence-corrected chi connectivity index (χ2v) is 9.88. The van der Waals surface area contributed by atoms with Gasteiger partial charge in [0, 0.05) is 18.1 Å². The van der Waals surface area contributed by atoms with Gasteiger partial charge in [-0.3, -0.25) is 0 Å². The van der Waals surface area contributed by atoms with E-state index in [-0.39, 0.29) is 52.1 Å². The number of rotatable bonds is 8. The maximum atomic E-state index is 13.3. The van der Waals surface area contributed by atoms with Crippen LogP contribution >= 0.6 is 0 Å². The van der Waals surface area contributed by atoms with Crippen LogP contribution in [0, 0.1) is 0 Å². The van der Waals surface area contributed by atoms with Crippen LogP contribution in [-0.4, -0.2) is 30.6 Å². The molecule has 0 spiro atoms. The Hall–Kier alpha value is -6.16. The summed E-state index contributed by atoms with van der Waals surface area (Å²) >= 11 is 0. The number of benzene rings is 3. The van der Waals surface area contributed by atoms with Gasteiger partial charge in [-0.15, -0.1) is 0 Å². The molecule has 0 saturated carbocycles. The van der Waals surface area contributed by atoms with Crippen molar-refractivity contribution < 1.29 is 39.5 Å². The smallest absolute Gasteiger partial charge is 0.343 e. The Morgan fingerprint density at radius 3 is 1.39 bits per heavy atom. The van der Waals surface area contributed by atoms with E-state index in [2.05, 4.69) is 0 Å². The van der Waals surface area contributed by atoms with Crippen molar-refractivity contribution in [1.29, 1.82) is 0 Å². The molecule has 3 aromatic carbocycles. The Morgan fingerprint density at radius 2 is 0.977 bits per heavy atom. The molecule has 10 nitrogen and oxygen atoms in total. The number of phenolic OH excluding ortho intramolecular Hbond substituents is 4. The van der Waals surface area contributed by atoms with Crippen LogP contribution in [0.15, 0.2) is 97.3 Å². The third-order valence-electron chi connectivity index (χ3n) is 6.83. The lowest BCUT2D eigenvalue weighted by atomic mass is 9.86. The molecule has 0 bridgehead atoms. The van der Waals surface area contributed by atoms with Crippen molar-refractivity contribution in [3.05, 3.63) is 139 Å². The minimum Gasteiger partial charge on any atom is -0.507 e. The second-order valence-electron chi connectivity index (χ2n) is 9.88. The van der Waals surface area contributed by atoms with Crippen LogP contribution in [0.1, 0.15) is 45.3 Å². The summed E-state index contributed by atoms with van der Waals surface area (Å²) in [5, 5.41) is 60.4. The zero-order valence-corrected chi connectivity index (χ0v) is 22.9. The van der Waals surface area contributed by atoms with E-state index < -0.39 is 28.7 Å². The van der Waals surface area contributed by atoms with E-state index in [0.717, 1.165) is 0 Å². The lowest BCUT2D eigenvalue weighted by molar-refractivity contribution is 0.403. The van der Waals surface area contributed by atoms with Gasteiger partial charge in [0.05, 0.1) is 11.1 Å². The van der Waals surface area contributed by atoms with Gasteiger partial charge in [-0.05, 0) is 59.5 Å². The number of hydrogen-bond acceptors (Lipinski definition) is 10. The third-order valence-corrected chi connectivity index (χ3v) is 6.83. The fourth-order valence-electron chi connectivity index (χ4n) is 4.67. The SMILES string of the molecule is O=c1oc(C=Cc2ccc(O)c(O)c2)cc(O)c1C(Cc1ccccc1)c1c(O)cc(C=Cc2ccc(O)c(O)c2)oc1=O. The Balaban J connectivity index is 1.53. The van der Waals surface area contributed by atoms with Crippen molar-refractivity contribution in [3.63, 3.8) is 0 Å². The van der Waals surface area contributed by atoms with Crippen LogP contribution in [0.2, 0.25) is 0 Å². The average molecular weight is 595 g/mol. The largest absolute Gasteiger partial charge is 0.507 e. The van der Waals surface area contributed by atoms with Gasteiger partial charge in [-0.2, -0.15) is 0 Å². The van der Waals surface area contributed by atoms with Gasteiger partial charge in [-0.25, -0.2) is 9.59 Å². The molecule has 0 atom stereocenters. The van der Waals surface area contributed by atoms with Gasteiger partial charge in [0.1, 0.15) is 23.0 Å². The third kappa shape index (κ3) is 6.50. The van der Waals surface area contributed by atoms with E-state index in [1.54, 1.807) is 30.3 Å². The lowest BCUT2D eigenvalue weighted by Gasteiger charge is -2.18. The van der Waals surface area contributed by atoms with Gasteiger partial charge >= 0.3 is 11.3 Å². The van der Waals surface area contributed by atoms with Crippen molar-refractivity contribution in [1.82, 2.24) is 0 Å². The molecule has 5 aromatic rings. The lowest BCUT2D eigenvalue weighted by Crippen LogP contribution is -2.22. The zero-order chi connectivity index (χ0) is 31.4. The summed E-state index contributed by atoms with van der Waals surface area (Å²) in [4.78, 5) is 26.6. The normalized spacial score (nSPS) is 12.2. The van der Waals surface area contributed by atoms with Gasteiger partial charge in [0.15, 0.2) is 23.0 Å². The molecule has 6 N–H and O–H groups in total. The maximum absolute atomic E-state index is 13.3. The molecule has 0 unspecified atom stereocenters. The number of phenols is 4. The Morgan fingerprint density at radius 1 is 0.523 bits per heavy atom. The molecule has 5 rings (SSSR count). The predicted molar refractivity (Wildman–Crippen MR) is 163 cm³/mol. The first-order valence-corrected chi connectivity index (χ1v) is 13.3. The molecule has 0 amide bonds. The molecule has 0 saturated heterocycles. The standard InChI is InChI=1S/C34H26O10/c35-25-12-8-20(15-27(25)37)6-10-22-17-29(39)31(33(41)43-22)24(14-19-4-2-1-3-5-19)32-30(40)18-23(44-34(32)42)11-7-21-9-13-26(36)28(38)16-21/h1-13,15-18,24,35-40H,14H2. The molecule has 0 radical (unpaired) electrons. The topological polar surface area (TPSA) is 182 Å². The Labute approximate surface area is 249 Å². The van der Waals surface area contributed by atoms with Crippen molar-refractivity contribution >= 4 is 24.3 Å². The van der Waals surface area contributed by atoms with Crippen LogP contribution in [0.3, 0.4) is 0 Å². The summed E-state index contributed by atoms with van der Waals surface area (Å²) in [6.45, 7) is 0. The first-order chi connectivity index (χ1) is 21.1. The van der Waals surface area contributed by atoms with E-state index in [9.17, 15) is 40.2 Å². The van der Waals surface area contributed by atoms with Crippen LogP contribution in [0.5, 0.6) is 34.5 Å². The molecule has 2 heterocycles. The monoisotopic (exact) mass is 594 g/mol. The first-order valence-electron chi connectivity index (χ1n) is 13.3. The number of aromatic hydroxyl groups is 6. The highest BCUT2D eigenvalue weighted by molar-refractivity contribution is 5.70. The minimum absolute atomic E-state index is 0.0284. The molecule has 2 aromatic heterocycles. The molecule has 0 aliphatic rings. The van der Waals surface area contributed by atoms with E-state index in [1.807, 2.05) is 0 Å². The summed E-state index contributed by atoms with van der Waals surface area (Å²) < 4.78 is 10.9. The molecule has 0 aliphatic carbocycles. The second kappa shape index (κ2) is 12.4. The average Bonchev–Trinajstić information content (AvgIpc) is 2.98. The molecule has 0 aliphatic heterocycles. The molecule has 10 heteroatoms. The summed E-state index contributed by atoms with van der Waals surface area (Å²) in [7, 11) is 0. The summed E-state index contributed by atoms with van der Waals surface area (Å²) in [6.07, 6.45) is 5.77. The first kappa shape index (κ1) is 29.3. The molecular formula is C34H26O10. The van der Waals surface area contributed by atoms with Gasteiger partial charge in [0.25, 0.3) is 0 Å². The summed E-state index contributed by atoms with van der Waals surface area (Å²) in [5.41, 5.74) is -0.775. The molecule has 44 heavy (non-hydrogen) atoms. The highest BCUT2D eigenvalue weighted by Gasteiger charge is 2.29. The van der Waals surface area contributed by atoms with Crippen LogP contribution in [-0.2, 0) is 6.42 Å². The highest BCUT2D eigenvalue weighted by atomic mass is 16.4. The van der Waals surface area contributed by atoms with Gasteiger partial charge in [0.2, 0.25) is 0 Å². The zero-order valence-electron chi connectivity index (χ0n) is 22.9. The van der Waals surface area contributed by atoms with E-state index in [0.29, 0.717) is 16.7 Å². The predicted octanol–water partition coefficient (Wildman–Crippen LogP) is 5.54. The maximum Gasteiger partial charge on any atom is 0.343 e. The van der Waals surface area contributed by atoms with Gasteiger partial charge < -0.3 is 39.5 Å². The molecule has 222 valence electrons. The quantitative estimate of drug-likeness (QED) is 0.125. The fraction of sp³-hybridized carbons (Fsp3) is 0.0588. The Bertz CT molecular complexity index is 1880. The summed E-state index contributed by atoms with van der Waals surface area (Å²) in [6, 6.07) is 19.4. The van der Waals surface area contributed by atoms with Crippen molar-refractivity contribution in [2.24, 2.45) is 0 Å². The minimum atomic E-state index is -1.16. The van der Waals surface area contributed by atoms with Crippen LogP contribution < -0.4 is 11.3 Å². The van der Waals surface area contributed by atoms with Crippen LogP contribution in [0.25, 0.3) is 24.3 Å².